The van der Waals surface area contributed by atoms with Crippen molar-refractivity contribution in [2.45, 2.75) is 31.4 Å². The third-order valence-corrected chi connectivity index (χ3v) is 5.03. The summed E-state index contributed by atoms with van der Waals surface area (Å²) in [7, 11) is 0. The van der Waals surface area contributed by atoms with Crippen molar-refractivity contribution in [3.63, 3.8) is 0 Å². The van der Waals surface area contributed by atoms with Gasteiger partial charge in [-0.1, -0.05) is 0 Å². The zero-order chi connectivity index (χ0) is 19.2. The molecule has 0 bridgehead atoms. The molecule has 2 amide bonds. The fourth-order valence-corrected chi connectivity index (χ4v) is 3.53. The highest BCUT2D eigenvalue weighted by atomic mass is 35.5. The first-order chi connectivity index (χ1) is 13.1. The van der Waals surface area contributed by atoms with Crippen molar-refractivity contribution in [2.75, 3.05) is 39.4 Å². The highest BCUT2D eigenvalue weighted by Gasteiger charge is 2.34. The van der Waals surface area contributed by atoms with Crippen molar-refractivity contribution in [3.05, 3.63) is 30.1 Å². The lowest BCUT2D eigenvalue weighted by Gasteiger charge is -2.42. The number of halogens is 2. The zero-order valence-corrected chi connectivity index (χ0v) is 16.5. The molecule has 7 nitrogen and oxygen atoms in total. The lowest BCUT2D eigenvalue weighted by molar-refractivity contribution is -0.155. The van der Waals surface area contributed by atoms with E-state index < -0.39 is 0 Å². The molecule has 1 aromatic carbocycles. The Hall–Kier alpha value is -1.90. The molecular formula is C19H27ClFN3O4. The third kappa shape index (κ3) is 5.80. The SMILES string of the molecule is Cl.NCCC(=O)N1CCC(N2CC(COc3ccc(F)cc3)OCC2=O)CC1. The maximum Gasteiger partial charge on any atom is 0.248 e. The first-order valence-corrected chi connectivity index (χ1v) is 9.34. The maximum atomic E-state index is 12.9. The molecule has 1 atom stereocenters. The number of benzene rings is 1. The summed E-state index contributed by atoms with van der Waals surface area (Å²) in [6, 6.07) is 5.92. The number of nitrogens with two attached hydrogens (primary N) is 1. The van der Waals surface area contributed by atoms with Crippen LogP contribution in [-0.4, -0.2) is 73.2 Å². The van der Waals surface area contributed by atoms with Gasteiger partial charge in [-0.2, -0.15) is 0 Å². The average Bonchev–Trinajstić information content (AvgIpc) is 2.69. The van der Waals surface area contributed by atoms with Gasteiger partial charge in [-0.3, -0.25) is 9.59 Å². The van der Waals surface area contributed by atoms with Crippen molar-refractivity contribution in [2.24, 2.45) is 5.73 Å². The predicted molar refractivity (Wildman–Crippen MR) is 104 cm³/mol. The molecule has 1 unspecified atom stereocenters. The van der Waals surface area contributed by atoms with E-state index in [-0.39, 0.29) is 48.8 Å². The first kappa shape index (κ1) is 22.4. The molecule has 0 aromatic heterocycles. The van der Waals surface area contributed by atoms with E-state index in [2.05, 4.69) is 0 Å². The Labute approximate surface area is 170 Å². The number of likely N-dealkylation sites (tertiary alicyclic amines) is 1. The van der Waals surface area contributed by atoms with Crippen LogP contribution in [0.4, 0.5) is 4.39 Å². The smallest absolute Gasteiger partial charge is 0.248 e. The normalized spacial score (nSPS) is 20.6. The van der Waals surface area contributed by atoms with E-state index in [4.69, 9.17) is 15.2 Å². The molecule has 2 saturated heterocycles. The predicted octanol–water partition coefficient (Wildman–Crippen LogP) is 1.19. The van der Waals surface area contributed by atoms with Crippen molar-refractivity contribution in [3.8, 4) is 5.75 Å². The molecule has 2 N–H and O–H groups in total. The van der Waals surface area contributed by atoms with E-state index in [1.54, 1.807) is 12.1 Å². The fourth-order valence-electron chi connectivity index (χ4n) is 3.53. The second kappa shape index (κ2) is 10.6. The molecule has 0 radical (unpaired) electrons. The van der Waals surface area contributed by atoms with Gasteiger partial charge >= 0.3 is 0 Å². The second-order valence-corrected chi connectivity index (χ2v) is 6.89. The molecule has 2 aliphatic rings. The number of ether oxygens (including phenoxy) is 2. The lowest BCUT2D eigenvalue weighted by atomic mass is 10.0. The van der Waals surface area contributed by atoms with Gasteiger partial charge in [0.2, 0.25) is 11.8 Å². The van der Waals surface area contributed by atoms with E-state index >= 15 is 0 Å². The molecule has 2 heterocycles. The van der Waals surface area contributed by atoms with Crippen LogP contribution >= 0.6 is 12.4 Å². The topological polar surface area (TPSA) is 85.1 Å². The number of carbonyl (C=O) groups excluding carboxylic acids is 2. The number of nitrogens with zero attached hydrogens (tertiary/aromatic N) is 2. The summed E-state index contributed by atoms with van der Waals surface area (Å²) in [6.07, 6.45) is 1.65. The molecule has 2 aliphatic heterocycles. The Morgan fingerprint density at radius 1 is 1.25 bits per heavy atom. The Bertz CT molecular complexity index is 653. The zero-order valence-electron chi connectivity index (χ0n) is 15.7. The standard InChI is InChI=1S/C19H26FN3O4.ClH/c20-14-1-3-16(4-2-14)26-12-17-11-23(19(25)13-27-17)15-6-9-22(10-7-15)18(24)5-8-21;/h1-4,15,17H,5-13,21H2;1H. The average molecular weight is 416 g/mol. The van der Waals surface area contributed by atoms with E-state index in [1.807, 2.05) is 9.80 Å². The van der Waals surface area contributed by atoms with E-state index in [1.165, 1.54) is 12.1 Å². The van der Waals surface area contributed by atoms with Crippen LogP contribution in [0.15, 0.2) is 24.3 Å². The van der Waals surface area contributed by atoms with Crippen LogP contribution in [0.25, 0.3) is 0 Å². The Balaban J connectivity index is 0.00000280. The lowest BCUT2D eigenvalue weighted by Crippen LogP contribution is -2.55. The number of hydrogen-bond acceptors (Lipinski definition) is 5. The van der Waals surface area contributed by atoms with E-state index in [9.17, 15) is 14.0 Å². The molecule has 0 saturated carbocycles. The quantitative estimate of drug-likeness (QED) is 0.754. The van der Waals surface area contributed by atoms with Crippen LogP contribution < -0.4 is 10.5 Å². The highest BCUT2D eigenvalue weighted by molar-refractivity contribution is 5.85. The molecule has 0 aliphatic carbocycles. The second-order valence-electron chi connectivity index (χ2n) is 6.89. The Kier molecular flexibility index (Phi) is 8.47. The monoisotopic (exact) mass is 415 g/mol. The number of piperidine rings is 1. The van der Waals surface area contributed by atoms with Crippen LogP contribution in [0.2, 0.25) is 0 Å². The van der Waals surface area contributed by atoms with Gasteiger partial charge in [0.1, 0.15) is 30.9 Å². The molecule has 9 heteroatoms. The Morgan fingerprint density at radius 2 is 1.93 bits per heavy atom. The van der Waals surface area contributed by atoms with E-state index in [0.29, 0.717) is 45.0 Å². The van der Waals surface area contributed by atoms with E-state index in [0.717, 1.165) is 12.8 Å². The summed E-state index contributed by atoms with van der Waals surface area (Å²) in [5, 5.41) is 0. The van der Waals surface area contributed by atoms with Crippen molar-refractivity contribution >= 4 is 24.2 Å². The molecule has 0 spiro atoms. The molecular weight excluding hydrogens is 389 g/mol. The number of carbonyl (C=O) groups is 2. The minimum absolute atomic E-state index is 0. The summed E-state index contributed by atoms with van der Waals surface area (Å²) in [4.78, 5) is 27.9. The summed E-state index contributed by atoms with van der Waals surface area (Å²) in [5.74, 6) is 0.300. The molecule has 2 fully saturated rings. The third-order valence-electron chi connectivity index (χ3n) is 5.03. The van der Waals surface area contributed by atoms with Crippen molar-refractivity contribution < 1.29 is 23.5 Å². The summed E-state index contributed by atoms with van der Waals surface area (Å²) in [6.45, 7) is 2.43. The summed E-state index contributed by atoms with van der Waals surface area (Å²) in [5.41, 5.74) is 5.45. The molecule has 28 heavy (non-hydrogen) atoms. The largest absolute Gasteiger partial charge is 0.491 e. The number of amides is 2. The van der Waals surface area contributed by atoms with Crippen LogP contribution in [0.1, 0.15) is 19.3 Å². The van der Waals surface area contributed by atoms with Crippen LogP contribution in [0.3, 0.4) is 0 Å². The van der Waals surface area contributed by atoms with Gasteiger partial charge in [-0.05, 0) is 37.1 Å². The minimum Gasteiger partial charge on any atom is -0.491 e. The van der Waals surface area contributed by atoms with Crippen LogP contribution in [-0.2, 0) is 14.3 Å². The van der Waals surface area contributed by atoms with Gasteiger partial charge in [0.05, 0.1) is 6.54 Å². The summed E-state index contributed by atoms with van der Waals surface area (Å²) >= 11 is 0. The molecule has 156 valence electrons. The van der Waals surface area contributed by atoms with Crippen LogP contribution in [0, 0.1) is 5.82 Å². The fraction of sp³-hybridized carbons (Fsp3) is 0.579. The van der Waals surface area contributed by atoms with Gasteiger partial charge in [0.25, 0.3) is 0 Å². The first-order valence-electron chi connectivity index (χ1n) is 9.34. The molecule has 3 rings (SSSR count). The van der Waals surface area contributed by atoms with Gasteiger partial charge in [-0.15, -0.1) is 12.4 Å². The minimum atomic E-state index is -0.315. The Morgan fingerprint density at radius 3 is 2.57 bits per heavy atom. The van der Waals surface area contributed by atoms with Gasteiger partial charge in [0.15, 0.2) is 0 Å². The molecule has 1 aromatic rings. The number of morpholine rings is 1. The van der Waals surface area contributed by atoms with Crippen LogP contribution in [0.5, 0.6) is 5.75 Å². The highest BCUT2D eigenvalue weighted by Crippen LogP contribution is 2.21. The van der Waals surface area contributed by atoms with Crippen molar-refractivity contribution in [1.82, 2.24) is 9.80 Å². The number of hydrogen-bond donors (Lipinski definition) is 1. The number of rotatable bonds is 6. The van der Waals surface area contributed by atoms with Gasteiger partial charge < -0.3 is 25.0 Å². The summed E-state index contributed by atoms with van der Waals surface area (Å²) < 4.78 is 24.2. The maximum absolute atomic E-state index is 12.9. The van der Waals surface area contributed by atoms with Gasteiger partial charge in [-0.25, -0.2) is 4.39 Å². The van der Waals surface area contributed by atoms with Crippen molar-refractivity contribution in [1.29, 1.82) is 0 Å². The van der Waals surface area contributed by atoms with Gasteiger partial charge in [0, 0.05) is 32.1 Å².